The minimum Gasteiger partial charge on any atom is -0.267 e. The molecule has 7 heteroatoms. The van der Waals surface area contributed by atoms with Crippen molar-refractivity contribution in [1.29, 1.82) is 0 Å². The number of halogens is 3. The van der Waals surface area contributed by atoms with Crippen molar-refractivity contribution in [2.24, 2.45) is 0 Å². The Morgan fingerprint density at radius 3 is 2.22 bits per heavy atom. The summed E-state index contributed by atoms with van der Waals surface area (Å²) in [7, 11) is 0. The molecule has 0 saturated heterocycles. The molecule has 2 aromatic carbocycles. The molecule has 2 aromatic heterocycles. The number of benzene rings is 2. The highest BCUT2D eigenvalue weighted by Gasteiger charge is 2.34. The number of nitrogens with zero attached hydrogens (tertiary/aromatic N) is 3. The van der Waals surface area contributed by atoms with E-state index in [0.717, 1.165) is 15.6 Å². The molecule has 0 spiro atoms. The van der Waals surface area contributed by atoms with E-state index in [2.05, 4.69) is 4.98 Å². The maximum absolute atomic E-state index is 13.1. The zero-order valence-corrected chi connectivity index (χ0v) is 14.2. The van der Waals surface area contributed by atoms with Crippen molar-refractivity contribution >= 4 is 5.65 Å². The predicted octanol–water partition coefficient (Wildman–Crippen LogP) is 4.48. The number of hydrogen-bond donors (Lipinski definition) is 0. The molecule has 0 N–H and O–H groups in total. The quantitative estimate of drug-likeness (QED) is 0.523. The van der Waals surface area contributed by atoms with Crippen molar-refractivity contribution in [3.63, 3.8) is 0 Å². The molecule has 4 nitrogen and oxygen atoms in total. The van der Waals surface area contributed by atoms with Gasteiger partial charge in [0.25, 0.3) is 5.56 Å². The van der Waals surface area contributed by atoms with E-state index in [9.17, 15) is 18.0 Å². The van der Waals surface area contributed by atoms with Gasteiger partial charge in [0, 0.05) is 17.7 Å². The van der Waals surface area contributed by atoms with Gasteiger partial charge in [0.05, 0.1) is 11.4 Å². The van der Waals surface area contributed by atoms with E-state index in [1.807, 2.05) is 61.5 Å². The van der Waals surface area contributed by atoms with Crippen LogP contribution >= 0.6 is 0 Å². The normalized spacial score (nSPS) is 11.9. The molecule has 0 aliphatic carbocycles. The third kappa shape index (κ3) is 3.01. The van der Waals surface area contributed by atoms with Gasteiger partial charge < -0.3 is 0 Å². The highest BCUT2D eigenvalue weighted by Crippen LogP contribution is 2.29. The summed E-state index contributed by atoms with van der Waals surface area (Å²) in [4.78, 5) is 16.2. The first-order valence-corrected chi connectivity index (χ1v) is 8.20. The van der Waals surface area contributed by atoms with Crippen LogP contribution in [0.5, 0.6) is 0 Å². The van der Waals surface area contributed by atoms with E-state index in [1.54, 1.807) is 4.68 Å². The zero-order chi connectivity index (χ0) is 19.2. The molecule has 136 valence electrons. The van der Waals surface area contributed by atoms with E-state index in [-0.39, 0.29) is 5.65 Å². The lowest BCUT2D eigenvalue weighted by molar-refractivity contribution is -0.141. The van der Waals surface area contributed by atoms with Crippen LogP contribution in [-0.2, 0) is 6.18 Å². The van der Waals surface area contributed by atoms with Crippen LogP contribution in [0.4, 0.5) is 13.2 Å². The highest BCUT2D eigenvalue weighted by molar-refractivity contribution is 5.67. The Balaban J connectivity index is 2.09. The van der Waals surface area contributed by atoms with Crippen LogP contribution < -0.4 is 5.56 Å². The van der Waals surface area contributed by atoms with Crippen LogP contribution in [0.1, 0.15) is 11.3 Å². The maximum Gasteiger partial charge on any atom is 0.433 e. The first kappa shape index (κ1) is 17.1. The van der Waals surface area contributed by atoms with Gasteiger partial charge in [0.1, 0.15) is 0 Å². The lowest BCUT2D eigenvalue weighted by Crippen LogP contribution is -2.23. The largest absolute Gasteiger partial charge is 0.433 e. The molecule has 0 atom stereocenters. The summed E-state index contributed by atoms with van der Waals surface area (Å²) < 4.78 is 42.0. The maximum atomic E-state index is 13.1. The fourth-order valence-corrected chi connectivity index (χ4v) is 2.98. The van der Waals surface area contributed by atoms with Crippen LogP contribution in [0.15, 0.2) is 71.5 Å². The summed E-state index contributed by atoms with van der Waals surface area (Å²) in [5, 5.41) is 0. The smallest absolute Gasteiger partial charge is 0.267 e. The number of aromatic nitrogens is 3. The molecule has 27 heavy (non-hydrogen) atoms. The van der Waals surface area contributed by atoms with Crippen molar-refractivity contribution < 1.29 is 13.2 Å². The van der Waals surface area contributed by atoms with Crippen LogP contribution in [0.3, 0.4) is 0 Å². The van der Waals surface area contributed by atoms with Crippen molar-refractivity contribution in [3.8, 4) is 16.9 Å². The standard InChI is InChI=1S/C20H14F3N3O/c1-13-7-9-15(10-8-13)25-16(14-5-3-2-4-6-14)11-18-24-17(20(21,22)23)12-19(27)26(18)25/h2-12H,1H3. The molecule has 0 saturated carbocycles. The molecule has 0 amide bonds. The summed E-state index contributed by atoms with van der Waals surface area (Å²) >= 11 is 0. The number of fused-ring (bicyclic) bond motifs is 1. The highest BCUT2D eigenvalue weighted by atomic mass is 19.4. The predicted molar refractivity (Wildman–Crippen MR) is 96.0 cm³/mol. The molecule has 0 unspecified atom stereocenters. The molecule has 4 aromatic rings. The van der Waals surface area contributed by atoms with Crippen LogP contribution in [0.2, 0.25) is 0 Å². The number of alkyl halides is 3. The van der Waals surface area contributed by atoms with Crippen molar-refractivity contribution in [3.05, 3.63) is 88.3 Å². The fraction of sp³-hybridized carbons (Fsp3) is 0.100. The van der Waals surface area contributed by atoms with E-state index >= 15 is 0 Å². The summed E-state index contributed by atoms with van der Waals surface area (Å²) in [6.45, 7) is 1.93. The number of aryl methyl sites for hydroxylation is 1. The Morgan fingerprint density at radius 1 is 0.926 bits per heavy atom. The Bertz CT molecular complexity index is 1170. The molecule has 0 fully saturated rings. The molecule has 0 radical (unpaired) electrons. The van der Waals surface area contributed by atoms with Gasteiger partial charge in [0.15, 0.2) is 11.3 Å². The Hall–Kier alpha value is -3.35. The van der Waals surface area contributed by atoms with Gasteiger partial charge in [-0.05, 0) is 19.1 Å². The Kier molecular flexibility index (Phi) is 3.87. The number of hydrogen-bond acceptors (Lipinski definition) is 2. The van der Waals surface area contributed by atoms with Gasteiger partial charge in [-0.2, -0.15) is 17.7 Å². The third-order valence-corrected chi connectivity index (χ3v) is 4.25. The molecule has 2 heterocycles. The van der Waals surface area contributed by atoms with Gasteiger partial charge in [-0.25, -0.2) is 9.67 Å². The molecule has 0 aliphatic heterocycles. The lowest BCUT2D eigenvalue weighted by atomic mass is 10.1. The van der Waals surface area contributed by atoms with Crippen LogP contribution in [0, 0.1) is 6.92 Å². The molecular weight excluding hydrogens is 355 g/mol. The monoisotopic (exact) mass is 369 g/mol. The average molecular weight is 369 g/mol. The van der Waals surface area contributed by atoms with E-state index in [4.69, 9.17) is 0 Å². The van der Waals surface area contributed by atoms with Crippen molar-refractivity contribution in [2.75, 3.05) is 0 Å². The van der Waals surface area contributed by atoms with Gasteiger partial charge >= 0.3 is 6.18 Å². The van der Waals surface area contributed by atoms with Crippen molar-refractivity contribution in [1.82, 2.24) is 14.2 Å². The second kappa shape index (κ2) is 6.12. The van der Waals surface area contributed by atoms with Gasteiger partial charge in [0.2, 0.25) is 0 Å². The summed E-state index contributed by atoms with van der Waals surface area (Å²) in [5.74, 6) is 0. The minimum absolute atomic E-state index is 0.0609. The van der Waals surface area contributed by atoms with Crippen molar-refractivity contribution in [2.45, 2.75) is 13.1 Å². The second-order valence-corrected chi connectivity index (χ2v) is 6.19. The first-order valence-electron chi connectivity index (χ1n) is 8.20. The lowest BCUT2D eigenvalue weighted by Gasteiger charge is -2.12. The van der Waals surface area contributed by atoms with Crippen LogP contribution in [-0.4, -0.2) is 14.2 Å². The first-order chi connectivity index (χ1) is 12.8. The summed E-state index contributed by atoms with van der Waals surface area (Å²) in [6.07, 6.45) is -4.69. The SMILES string of the molecule is Cc1ccc(-n2c(-c3ccccc3)cc3nc(C(F)(F)F)cc(=O)n32)cc1. The molecule has 0 aliphatic rings. The van der Waals surface area contributed by atoms with Gasteiger partial charge in [-0.15, -0.1) is 0 Å². The fourth-order valence-electron chi connectivity index (χ4n) is 2.98. The van der Waals surface area contributed by atoms with E-state index < -0.39 is 17.4 Å². The second-order valence-electron chi connectivity index (χ2n) is 6.19. The molecular formula is C20H14F3N3O. The minimum atomic E-state index is -4.69. The Labute approximate surface area is 152 Å². The average Bonchev–Trinajstić information content (AvgIpc) is 3.02. The summed E-state index contributed by atoms with van der Waals surface area (Å²) in [6, 6.07) is 18.5. The molecule has 4 rings (SSSR count). The summed E-state index contributed by atoms with van der Waals surface area (Å²) in [5.41, 5.74) is 0.955. The van der Waals surface area contributed by atoms with Gasteiger partial charge in [-0.1, -0.05) is 48.0 Å². The van der Waals surface area contributed by atoms with Gasteiger partial charge in [-0.3, -0.25) is 4.79 Å². The molecule has 0 bridgehead atoms. The number of rotatable bonds is 2. The zero-order valence-electron chi connectivity index (χ0n) is 14.2. The van der Waals surface area contributed by atoms with E-state index in [1.165, 1.54) is 6.07 Å². The topological polar surface area (TPSA) is 39.3 Å². The third-order valence-electron chi connectivity index (χ3n) is 4.25. The van der Waals surface area contributed by atoms with Crippen LogP contribution in [0.25, 0.3) is 22.6 Å². The van der Waals surface area contributed by atoms with E-state index in [0.29, 0.717) is 17.4 Å². The Morgan fingerprint density at radius 2 is 1.59 bits per heavy atom.